The van der Waals surface area contributed by atoms with Gasteiger partial charge in [0.1, 0.15) is 0 Å². The van der Waals surface area contributed by atoms with Crippen LogP contribution in [-0.4, -0.2) is 17.0 Å². The van der Waals surface area contributed by atoms with E-state index in [1.807, 2.05) is 12.3 Å². The van der Waals surface area contributed by atoms with Gasteiger partial charge in [0.15, 0.2) is 0 Å². The van der Waals surface area contributed by atoms with Gasteiger partial charge in [0, 0.05) is 17.1 Å². The van der Waals surface area contributed by atoms with Crippen molar-refractivity contribution in [1.29, 1.82) is 0 Å². The molecular formula is C15H13NO3S. The molecule has 5 heteroatoms. The van der Waals surface area contributed by atoms with Crippen molar-refractivity contribution in [3.05, 3.63) is 57.8 Å². The lowest BCUT2D eigenvalue weighted by molar-refractivity contribution is -0.131. The summed E-state index contributed by atoms with van der Waals surface area (Å²) < 4.78 is 0. The van der Waals surface area contributed by atoms with Gasteiger partial charge in [0.25, 0.3) is 5.91 Å². The van der Waals surface area contributed by atoms with Gasteiger partial charge >= 0.3 is 5.97 Å². The van der Waals surface area contributed by atoms with E-state index in [0.717, 1.165) is 11.6 Å². The smallest absolute Gasteiger partial charge is 0.328 e. The zero-order chi connectivity index (χ0) is 14.5. The van der Waals surface area contributed by atoms with Crippen LogP contribution < -0.4 is 5.32 Å². The first kappa shape index (κ1) is 14.0. The predicted octanol–water partition coefficient (Wildman–Crippen LogP) is 3.41. The van der Waals surface area contributed by atoms with E-state index in [-0.39, 0.29) is 5.91 Å². The van der Waals surface area contributed by atoms with Crippen LogP contribution in [0.3, 0.4) is 0 Å². The molecular weight excluding hydrogens is 274 g/mol. The number of aliphatic carboxylic acids is 1. The molecule has 4 nitrogen and oxygen atoms in total. The molecule has 0 spiro atoms. The maximum atomic E-state index is 12.1. The molecule has 2 aromatic rings. The topological polar surface area (TPSA) is 66.4 Å². The number of carboxylic acid groups (broad SMARTS) is 1. The molecule has 20 heavy (non-hydrogen) atoms. The Bertz CT molecular complexity index is 673. The van der Waals surface area contributed by atoms with Crippen molar-refractivity contribution < 1.29 is 14.7 Å². The fourth-order valence-electron chi connectivity index (χ4n) is 1.68. The van der Waals surface area contributed by atoms with Crippen molar-refractivity contribution in [3.63, 3.8) is 0 Å². The molecule has 0 bridgehead atoms. The Morgan fingerprint density at radius 3 is 2.75 bits per heavy atom. The standard InChI is InChI=1S/C15H13NO3S/c1-10-8-20-9-13(10)15(19)16-12-4-2-3-11(7-12)5-6-14(17)18/h2-9H,1H3,(H,16,19)(H,17,18). The van der Waals surface area contributed by atoms with Crippen LogP contribution in [0.25, 0.3) is 6.08 Å². The SMILES string of the molecule is Cc1cscc1C(=O)Nc1cccc(C=CC(=O)O)c1. The van der Waals surface area contributed by atoms with Crippen LogP contribution in [-0.2, 0) is 4.79 Å². The summed E-state index contributed by atoms with van der Waals surface area (Å²) in [5.74, 6) is -1.17. The third kappa shape index (κ3) is 3.55. The Morgan fingerprint density at radius 2 is 2.10 bits per heavy atom. The van der Waals surface area contributed by atoms with Crippen molar-refractivity contribution in [2.45, 2.75) is 6.92 Å². The third-order valence-electron chi connectivity index (χ3n) is 2.66. The number of rotatable bonds is 4. The van der Waals surface area contributed by atoms with Crippen molar-refractivity contribution in [2.24, 2.45) is 0 Å². The van der Waals surface area contributed by atoms with E-state index in [1.54, 1.807) is 29.6 Å². The van der Waals surface area contributed by atoms with Gasteiger partial charge in [-0.1, -0.05) is 12.1 Å². The fraction of sp³-hybridized carbons (Fsp3) is 0.0667. The summed E-state index contributed by atoms with van der Waals surface area (Å²) >= 11 is 1.48. The highest BCUT2D eigenvalue weighted by Crippen LogP contribution is 2.17. The summed E-state index contributed by atoms with van der Waals surface area (Å²) in [6, 6.07) is 7.01. The Kier molecular flexibility index (Phi) is 4.32. The summed E-state index contributed by atoms with van der Waals surface area (Å²) in [5.41, 5.74) is 2.94. The van der Waals surface area contributed by atoms with Crippen LogP contribution in [0.4, 0.5) is 5.69 Å². The highest BCUT2D eigenvalue weighted by molar-refractivity contribution is 7.08. The molecule has 102 valence electrons. The minimum absolute atomic E-state index is 0.164. The second-order valence-electron chi connectivity index (χ2n) is 4.22. The number of hydrogen-bond donors (Lipinski definition) is 2. The number of amides is 1. The molecule has 0 atom stereocenters. The molecule has 0 fully saturated rings. The number of thiophene rings is 1. The van der Waals surface area contributed by atoms with E-state index in [1.165, 1.54) is 17.4 Å². The van der Waals surface area contributed by atoms with Gasteiger partial charge in [0.05, 0.1) is 5.56 Å². The van der Waals surface area contributed by atoms with Crippen molar-refractivity contribution >= 4 is 35.0 Å². The Balaban J connectivity index is 2.14. The highest BCUT2D eigenvalue weighted by atomic mass is 32.1. The van der Waals surface area contributed by atoms with Crippen LogP contribution in [0.2, 0.25) is 0 Å². The minimum atomic E-state index is -1.01. The van der Waals surface area contributed by atoms with Gasteiger partial charge in [-0.05, 0) is 41.6 Å². The van der Waals surface area contributed by atoms with Crippen LogP contribution in [0.5, 0.6) is 0 Å². The Morgan fingerprint density at radius 1 is 1.30 bits per heavy atom. The molecule has 2 rings (SSSR count). The molecule has 1 heterocycles. The molecule has 1 amide bonds. The van der Waals surface area contributed by atoms with Gasteiger partial charge in [0.2, 0.25) is 0 Å². The summed E-state index contributed by atoms with van der Waals surface area (Å²) in [6.45, 7) is 1.89. The average Bonchev–Trinajstić information content (AvgIpc) is 2.83. The average molecular weight is 287 g/mol. The lowest BCUT2D eigenvalue weighted by Crippen LogP contribution is -2.12. The lowest BCUT2D eigenvalue weighted by Gasteiger charge is -2.05. The highest BCUT2D eigenvalue weighted by Gasteiger charge is 2.09. The zero-order valence-electron chi connectivity index (χ0n) is 10.8. The molecule has 0 aliphatic rings. The van der Waals surface area contributed by atoms with Crippen molar-refractivity contribution in [2.75, 3.05) is 5.32 Å². The van der Waals surface area contributed by atoms with E-state index in [4.69, 9.17) is 5.11 Å². The maximum Gasteiger partial charge on any atom is 0.328 e. The molecule has 1 aromatic carbocycles. The lowest BCUT2D eigenvalue weighted by atomic mass is 10.1. The zero-order valence-corrected chi connectivity index (χ0v) is 11.6. The normalized spacial score (nSPS) is 10.7. The number of carboxylic acids is 1. The Labute approximate surface area is 120 Å². The number of nitrogens with one attached hydrogen (secondary N) is 1. The number of carbonyl (C=O) groups is 2. The van der Waals surface area contributed by atoms with Crippen molar-refractivity contribution in [1.82, 2.24) is 0 Å². The van der Waals surface area contributed by atoms with E-state index in [0.29, 0.717) is 16.8 Å². The molecule has 0 saturated heterocycles. The minimum Gasteiger partial charge on any atom is -0.478 e. The quantitative estimate of drug-likeness (QED) is 0.847. The van der Waals surface area contributed by atoms with Gasteiger partial charge in [-0.15, -0.1) is 0 Å². The van der Waals surface area contributed by atoms with Crippen LogP contribution in [0, 0.1) is 6.92 Å². The molecule has 1 aromatic heterocycles. The maximum absolute atomic E-state index is 12.1. The molecule has 2 N–H and O–H groups in total. The number of benzene rings is 1. The third-order valence-corrected chi connectivity index (χ3v) is 3.52. The molecule has 0 aliphatic heterocycles. The van der Waals surface area contributed by atoms with Gasteiger partial charge in [-0.3, -0.25) is 4.79 Å². The Hall–Kier alpha value is -2.40. The predicted molar refractivity (Wildman–Crippen MR) is 80.1 cm³/mol. The van der Waals surface area contributed by atoms with E-state index in [2.05, 4.69) is 5.32 Å². The molecule has 0 radical (unpaired) electrons. The second-order valence-corrected chi connectivity index (χ2v) is 4.96. The largest absolute Gasteiger partial charge is 0.478 e. The van der Waals surface area contributed by atoms with Gasteiger partial charge in [-0.2, -0.15) is 11.3 Å². The number of hydrogen-bond acceptors (Lipinski definition) is 3. The first-order chi connectivity index (χ1) is 9.56. The molecule has 0 unspecified atom stereocenters. The summed E-state index contributed by atoms with van der Waals surface area (Å²) in [6.07, 6.45) is 2.54. The first-order valence-electron chi connectivity index (χ1n) is 5.91. The number of carbonyl (C=O) groups excluding carboxylic acids is 1. The van der Waals surface area contributed by atoms with Crippen LogP contribution in [0.1, 0.15) is 21.5 Å². The number of anilines is 1. The van der Waals surface area contributed by atoms with Crippen LogP contribution >= 0.6 is 11.3 Å². The monoisotopic (exact) mass is 287 g/mol. The van der Waals surface area contributed by atoms with E-state index in [9.17, 15) is 9.59 Å². The summed E-state index contributed by atoms with van der Waals surface area (Å²) in [4.78, 5) is 22.5. The first-order valence-corrected chi connectivity index (χ1v) is 6.86. The summed E-state index contributed by atoms with van der Waals surface area (Å²) in [5, 5.41) is 15.1. The molecule has 0 aliphatic carbocycles. The summed E-state index contributed by atoms with van der Waals surface area (Å²) in [7, 11) is 0. The molecule has 0 saturated carbocycles. The second kappa shape index (κ2) is 6.16. The fourth-order valence-corrected chi connectivity index (χ4v) is 2.51. The van der Waals surface area contributed by atoms with Crippen LogP contribution in [0.15, 0.2) is 41.1 Å². The van der Waals surface area contributed by atoms with E-state index < -0.39 is 5.97 Å². The van der Waals surface area contributed by atoms with Gasteiger partial charge < -0.3 is 10.4 Å². The van der Waals surface area contributed by atoms with Crippen molar-refractivity contribution in [3.8, 4) is 0 Å². The van der Waals surface area contributed by atoms with E-state index >= 15 is 0 Å². The number of aryl methyl sites for hydroxylation is 1. The van der Waals surface area contributed by atoms with Gasteiger partial charge in [-0.25, -0.2) is 4.79 Å².